The van der Waals surface area contributed by atoms with E-state index in [4.69, 9.17) is 4.52 Å². The van der Waals surface area contributed by atoms with Gasteiger partial charge in [0.2, 0.25) is 5.13 Å². The Bertz CT molecular complexity index is 717. The van der Waals surface area contributed by atoms with E-state index in [0.29, 0.717) is 6.04 Å². The molecular formula is C13H12N4OS3. The lowest BCUT2D eigenvalue weighted by Crippen LogP contribution is -1.99. The van der Waals surface area contributed by atoms with Crippen LogP contribution in [0.3, 0.4) is 0 Å². The zero-order valence-corrected chi connectivity index (χ0v) is 13.4. The average Bonchev–Trinajstić information content (AvgIpc) is 2.94. The minimum Gasteiger partial charge on any atom is -0.357 e. The molecule has 0 aromatic carbocycles. The van der Waals surface area contributed by atoms with Crippen LogP contribution >= 0.6 is 34.4 Å². The van der Waals surface area contributed by atoms with Crippen molar-refractivity contribution in [1.29, 1.82) is 0 Å². The lowest BCUT2D eigenvalue weighted by molar-refractivity contribution is 0.427. The van der Waals surface area contributed by atoms with Gasteiger partial charge in [0.05, 0.1) is 10.6 Å². The number of hydrogen-bond acceptors (Lipinski definition) is 8. The van der Waals surface area contributed by atoms with Crippen molar-refractivity contribution in [2.75, 3.05) is 5.32 Å². The second-order valence-corrected chi connectivity index (χ2v) is 7.89. The molecule has 4 rings (SSSR count). The summed E-state index contributed by atoms with van der Waals surface area (Å²) < 4.78 is 6.32. The van der Waals surface area contributed by atoms with Crippen molar-refractivity contribution in [3.05, 3.63) is 29.3 Å². The summed E-state index contributed by atoms with van der Waals surface area (Å²) in [5.74, 6) is 1.57. The summed E-state index contributed by atoms with van der Waals surface area (Å²) in [4.78, 5) is 1.10. The largest absolute Gasteiger partial charge is 0.357 e. The van der Waals surface area contributed by atoms with E-state index in [1.54, 1.807) is 34.4 Å². The van der Waals surface area contributed by atoms with Gasteiger partial charge in [-0.1, -0.05) is 34.3 Å². The molecule has 8 heteroatoms. The van der Waals surface area contributed by atoms with Crippen LogP contribution in [0.15, 0.2) is 32.4 Å². The number of rotatable bonds is 6. The smallest absolute Gasteiger partial charge is 0.206 e. The van der Waals surface area contributed by atoms with Gasteiger partial charge in [0, 0.05) is 17.9 Å². The number of anilines is 1. The Kier molecular flexibility index (Phi) is 3.66. The minimum absolute atomic E-state index is 0.611. The summed E-state index contributed by atoms with van der Waals surface area (Å²) in [6.45, 7) is 0. The topological polar surface area (TPSA) is 63.8 Å². The molecule has 0 bridgehead atoms. The van der Waals surface area contributed by atoms with Gasteiger partial charge in [-0.2, -0.15) is 0 Å². The van der Waals surface area contributed by atoms with Gasteiger partial charge in [-0.3, -0.25) is 0 Å². The maximum atomic E-state index is 5.37. The first-order chi connectivity index (χ1) is 10.4. The van der Waals surface area contributed by atoms with Crippen molar-refractivity contribution >= 4 is 39.6 Å². The summed E-state index contributed by atoms with van der Waals surface area (Å²) in [5, 5.41) is 18.7. The quantitative estimate of drug-likeness (QED) is 0.683. The van der Waals surface area contributed by atoms with E-state index in [0.717, 1.165) is 31.6 Å². The Balaban J connectivity index is 1.36. The predicted molar refractivity (Wildman–Crippen MR) is 85.9 cm³/mol. The van der Waals surface area contributed by atoms with Crippen molar-refractivity contribution in [3.8, 4) is 10.6 Å². The van der Waals surface area contributed by atoms with Crippen LogP contribution in [0.25, 0.3) is 10.6 Å². The van der Waals surface area contributed by atoms with Crippen molar-refractivity contribution in [2.24, 2.45) is 0 Å². The van der Waals surface area contributed by atoms with Gasteiger partial charge in [-0.05, 0) is 24.3 Å². The third kappa shape index (κ3) is 3.28. The Hall–Kier alpha value is -1.38. The summed E-state index contributed by atoms with van der Waals surface area (Å²) in [6, 6.07) is 6.64. The van der Waals surface area contributed by atoms with Gasteiger partial charge < -0.3 is 9.84 Å². The first kappa shape index (κ1) is 13.3. The van der Waals surface area contributed by atoms with E-state index in [9.17, 15) is 0 Å². The molecule has 3 heterocycles. The molecule has 5 nitrogen and oxygen atoms in total. The van der Waals surface area contributed by atoms with Crippen LogP contribution in [0, 0.1) is 0 Å². The molecule has 1 fully saturated rings. The molecule has 1 aliphatic carbocycles. The van der Waals surface area contributed by atoms with Crippen LogP contribution in [0.5, 0.6) is 0 Å². The Morgan fingerprint density at radius 2 is 2.33 bits per heavy atom. The normalized spacial score (nSPS) is 14.5. The first-order valence-corrected chi connectivity index (χ1v) is 9.27. The molecule has 0 saturated heterocycles. The van der Waals surface area contributed by atoms with Gasteiger partial charge in [-0.15, -0.1) is 21.5 Å². The summed E-state index contributed by atoms with van der Waals surface area (Å²) in [5.41, 5.74) is 0.926. The molecule has 0 aliphatic heterocycles. The highest BCUT2D eigenvalue weighted by molar-refractivity contribution is 8.00. The van der Waals surface area contributed by atoms with E-state index in [1.807, 2.05) is 23.6 Å². The van der Waals surface area contributed by atoms with Gasteiger partial charge in [0.25, 0.3) is 0 Å². The van der Waals surface area contributed by atoms with Gasteiger partial charge >= 0.3 is 0 Å². The standard InChI is InChI=1S/C13H12N4OS3/c1-2-11(19-5-1)10-6-9(17-18-10)7-20-13-16-15-12(21-13)14-8-3-4-8/h1-2,5-6,8H,3-4,7H2,(H,14,15). The number of aromatic nitrogens is 3. The molecular weight excluding hydrogens is 324 g/mol. The maximum Gasteiger partial charge on any atom is 0.206 e. The molecule has 0 spiro atoms. The summed E-state index contributed by atoms with van der Waals surface area (Å²) >= 11 is 4.89. The molecule has 1 aliphatic rings. The second kappa shape index (κ2) is 5.78. The predicted octanol–water partition coefficient (Wildman–Crippen LogP) is 4.12. The fraction of sp³-hybridized carbons (Fsp3) is 0.308. The zero-order chi connectivity index (χ0) is 14.1. The molecule has 3 aromatic rings. The first-order valence-electron chi connectivity index (χ1n) is 6.59. The molecule has 21 heavy (non-hydrogen) atoms. The third-order valence-corrected chi connectivity index (χ3v) is 5.88. The molecule has 3 aromatic heterocycles. The number of thioether (sulfide) groups is 1. The number of hydrogen-bond donors (Lipinski definition) is 1. The van der Waals surface area contributed by atoms with E-state index in [2.05, 4.69) is 20.7 Å². The van der Waals surface area contributed by atoms with E-state index < -0.39 is 0 Å². The van der Waals surface area contributed by atoms with Crippen LogP contribution in [-0.2, 0) is 5.75 Å². The van der Waals surface area contributed by atoms with Gasteiger partial charge in [0.1, 0.15) is 0 Å². The number of thiophene rings is 1. The zero-order valence-electron chi connectivity index (χ0n) is 11.0. The Labute approximate surface area is 133 Å². The molecule has 1 N–H and O–H groups in total. The lowest BCUT2D eigenvalue weighted by Gasteiger charge is -1.94. The van der Waals surface area contributed by atoms with E-state index in [-0.39, 0.29) is 0 Å². The van der Waals surface area contributed by atoms with Crippen LogP contribution < -0.4 is 5.32 Å². The molecule has 1 saturated carbocycles. The maximum absolute atomic E-state index is 5.37. The number of nitrogens with zero attached hydrogens (tertiary/aromatic N) is 3. The lowest BCUT2D eigenvalue weighted by atomic mass is 10.3. The van der Waals surface area contributed by atoms with Crippen molar-refractivity contribution in [3.63, 3.8) is 0 Å². The molecule has 0 atom stereocenters. The summed E-state index contributed by atoms with van der Waals surface area (Å²) in [6.07, 6.45) is 2.49. The minimum atomic E-state index is 0.611. The van der Waals surface area contributed by atoms with E-state index >= 15 is 0 Å². The number of nitrogens with one attached hydrogen (secondary N) is 1. The molecule has 108 valence electrons. The SMILES string of the molecule is c1csc(-c2cc(CSc3nnc(NC4CC4)s3)no2)c1. The van der Waals surface area contributed by atoms with Crippen LogP contribution in [0.4, 0.5) is 5.13 Å². The highest BCUT2D eigenvalue weighted by atomic mass is 32.2. The fourth-order valence-electron chi connectivity index (χ4n) is 1.78. The Morgan fingerprint density at radius 1 is 1.38 bits per heavy atom. The monoisotopic (exact) mass is 336 g/mol. The van der Waals surface area contributed by atoms with Crippen LogP contribution in [-0.4, -0.2) is 21.4 Å². The van der Waals surface area contributed by atoms with Crippen molar-refractivity contribution in [2.45, 2.75) is 29.0 Å². The average molecular weight is 336 g/mol. The van der Waals surface area contributed by atoms with Crippen molar-refractivity contribution < 1.29 is 4.52 Å². The molecule has 0 amide bonds. The Morgan fingerprint density at radius 3 is 3.14 bits per heavy atom. The van der Waals surface area contributed by atoms with Crippen LogP contribution in [0.1, 0.15) is 18.5 Å². The third-order valence-electron chi connectivity index (χ3n) is 2.98. The molecule has 0 radical (unpaired) electrons. The highest BCUT2D eigenvalue weighted by Gasteiger charge is 2.22. The second-order valence-electron chi connectivity index (χ2n) is 4.74. The fourth-order valence-corrected chi connectivity index (χ4v) is 4.16. The highest BCUT2D eigenvalue weighted by Crippen LogP contribution is 2.32. The van der Waals surface area contributed by atoms with Crippen LogP contribution in [0.2, 0.25) is 0 Å². The summed E-state index contributed by atoms with van der Waals surface area (Å²) in [7, 11) is 0. The van der Waals surface area contributed by atoms with E-state index in [1.165, 1.54) is 12.8 Å². The molecule has 0 unspecified atom stereocenters. The van der Waals surface area contributed by atoms with Crippen molar-refractivity contribution in [1.82, 2.24) is 15.4 Å². The van der Waals surface area contributed by atoms with Gasteiger partial charge in [-0.25, -0.2) is 0 Å². The van der Waals surface area contributed by atoms with Gasteiger partial charge in [0.15, 0.2) is 10.1 Å².